The fourth-order valence-corrected chi connectivity index (χ4v) is 3.01. The predicted octanol–water partition coefficient (Wildman–Crippen LogP) is 5.91. The van der Waals surface area contributed by atoms with Gasteiger partial charge in [0.05, 0.1) is 16.1 Å². The van der Waals surface area contributed by atoms with Gasteiger partial charge in [-0.25, -0.2) is 9.37 Å². The molecule has 0 radical (unpaired) electrons. The van der Waals surface area contributed by atoms with Crippen molar-refractivity contribution in [2.75, 3.05) is 0 Å². The summed E-state index contributed by atoms with van der Waals surface area (Å²) in [6.07, 6.45) is 0. The van der Waals surface area contributed by atoms with E-state index in [-0.39, 0.29) is 12.4 Å². The normalized spacial score (nSPS) is 11.0. The molecule has 1 N–H and O–H groups in total. The minimum absolute atomic E-state index is 0.0781. The number of halogens is 2. The summed E-state index contributed by atoms with van der Waals surface area (Å²) in [7, 11) is 0. The van der Waals surface area contributed by atoms with E-state index in [1.54, 1.807) is 12.1 Å². The zero-order valence-corrected chi connectivity index (χ0v) is 14.8. The van der Waals surface area contributed by atoms with Gasteiger partial charge in [-0.15, -0.1) is 0 Å². The number of ether oxygens (including phenoxy) is 1. The van der Waals surface area contributed by atoms with Crippen molar-refractivity contribution in [1.29, 1.82) is 0 Å². The van der Waals surface area contributed by atoms with E-state index < -0.39 is 0 Å². The minimum Gasteiger partial charge on any atom is -0.489 e. The quantitative estimate of drug-likeness (QED) is 0.487. The first kappa shape index (κ1) is 16.6. The van der Waals surface area contributed by atoms with Crippen molar-refractivity contribution in [1.82, 2.24) is 9.97 Å². The van der Waals surface area contributed by atoms with Crippen molar-refractivity contribution < 1.29 is 9.13 Å². The molecule has 0 fully saturated rings. The third-order valence-electron chi connectivity index (χ3n) is 4.21. The zero-order chi connectivity index (χ0) is 18.1. The van der Waals surface area contributed by atoms with Crippen molar-refractivity contribution in [3.63, 3.8) is 0 Å². The Balaban J connectivity index is 1.52. The molecule has 0 unspecified atom stereocenters. The molecule has 3 aromatic carbocycles. The third-order valence-corrected chi connectivity index (χ3v) is 4.56. The maximum absolute atomic E-state index is 13.8. The molecule has 1 heterocycles. The van der Waals surface area contributed by atoms with Crippen LogP contribution in [0, 0.1) is 12.7 Å². The number of H-pyrrole nitrogens is 1. The van der Waals surface area contributed by atoms with Crippen molar-refractivity contribution in [3.8, 4) is 17.1 Å². The fourth-order valence-electron chi connectivity index (χ4n) is 2.79. The average Bonchev–Trinajstić information content (AvgIpc) is 3.05. The number of nitrogens with one attached hydrogen (secondary N) is 1. The summed E-state index contributed by atoms with van der Waals surface area (Å²) >= 11 is 6.02. The first-order chi connectivity index (χ1) is 12.6. The molecule has 5 heteroatoms. The van der Waals surface area contributed by atoms with Gasteiger partial charge in [-0.1, -0.05) is 23.7 Å². The van der Waals surface area contributed by atoms with E-state index in [0.29, 0.717) is 16.3 Å². The number of hydrogen-bond acceptors (Lipinski definition) is 2. The van der Waals surface area contributed by atoms with E-state index in [1.807, 2.05) is 43.3 Å². The van der Waals surface area contributed by atoms with E-state index in [1.165, 1.54) is 11.6 Å². The molecular formula is C21H16ClFN2O. The van der Waals surface area contributed by atoms with E-state index >= 15 is 0 Å². The first-order valence-corrected chi connectivity index (χ1v) is 8.60. The maximum atomic E-state index is 13.8. The van der Waals surface area contributed by atoms with Gasteiger partial charge in [-0.3, -0.25) is 0 Å². The SMILES string of the molecule is Cc1ccc2nc(-c3ccc(OCc4c(F)cccc4Cl)cc3)[nH]c2c1. The molecule has 0 aliphatic rings. The molecule has 3 nitrogen and oxygen atoms in total. The summed E-state index contributed by atoms with van der Waals surface area (Å²) in [4.78, 5) is 7.93. The standard InChI is InChI=1S/C21H16ClFN2O/c1-13-5-10-19-20(11-13)25-21(24-19)14-6-8-15(9-7-14)26-12-16-17(22)3-2-4-18(16)23/h2-11H,12H2,1H3,(H,24,25). The van der Waals surface area contributed by atoms with Crippen LogP contribution in [0.3, 0.4) is 0 Å². The number of aromatic nitrogens is 2. The smallest absolute Gasteiger partial charge is 0.138 e. The molecule has 26 heavy (non-hydrogen) atoms. The summed E-state index contributed by atoms with van der Waals surface area (Å²) in [6, 6.07) is 18.2. The Labute approximate surface area is 155 Å². The molecule has 4 aromatic rings. The summed E-state index contributed by atoms with van der Waals surface area (Å²) in [5, 5.41) is 0.360. The number of aryl methyl sites for hydroxylation is 1. The van der Waals surface area contributed by atoms with Gasteiger partial charge >= 0.3 is 0 Å². The van der Waals surface area contributed by atoms with Crippen molar-refractivity contribution in [3.05, 3.63) is 82.6 Å². The van der Waals surface area contributed by atoms with Gasteiger partial charge in [-0.2, -0.15) is 0 Å². The number of fused-ring (bicyclic) bond motifs is 1. The van der Waals surface area contributed by atoms with E-state index in [0.717, 1.165) is 22.4 Å². The molecule has 130 valence electrons. The number of nitrogens with zero attached hydrogens (tertiary/aromatic N) is 1. The second-order valence-corrected chi connectivity index (χ2v) is 6.53. The Morgan fingerprint density at radius 1 is 1.08 bits per heavy atom. The lowest BCUT2D eigenvalue weighted by molar-refractivity contribution is 0.300. The van der Waals surface area contributed by atoms with Crippen LogP contribution < -0.4 is 4.74 Å². The number of rotatable bonds is 4. The fraction of sp³-hybridized carbons (Fsp3) is 0.0952. The van der Waals surface area contributed by atoms with Crippen LogP contribution in [0.2, 0.25) is 5.02 Å². The van der Waals surface area contributed by atoms with Crippen LogP contribution >= 0.6 is 11.6 Å². The molecule has 0 amide bonds. The monoisotopic (exact) mass is 366 g/mol. The van der Waals surface area contributed by atoms with Gasteiger partial charge in [0.2, 0.25) is 0 Å². The molecule has 0 aliphatic carbocycles. The highest BCUT2D eigenvalue weighted by Crippen LogP contribution is 2.25. The first-order valence-electron chi connectivity index (χ1n) is 8.22. The Bertz CT molecular complexity index is 1050. The molecule has 4 rings (SSSR count). The second kappa shape index (κ2) is 6.81. The lowest BCUT2D eigenvalue weighted by atomic mass is 10.2. The summed E-state index contributed by atoms with van der Waals surface area (Å²) in [6.45, 7) is 2.13. The summed E-state index contributed by atoms with van der Waals surface area (Å²) in [5.74, 6) is 1.07. The Kier molecular flexibility index (Phi) is 4.35. The maximum Gasteiger partial charge on any atom is 0.138 e. The molecule has 0 saturated heterocycles. The van der Waals surface area contributed by atoms with E-state index in [9.17, 15) is 4.39 Å². The van der Waals surface area contributed by atoms with Gasteiger partial charge < -0.3 is 9.72 Å². The van der Waals surface area contributed by atoms with E-state index in [2.05, 4.69) is 16.0 Å². The van der Waals surface area contributed by atoms with Crippen LogP contribution in [0.15, 0.2) is 60.7 Å². The number of imidazole rings is 1. The van der Waals surface area contributed by atoms with Gasteiger partial charge in [0.25, 0.3) is 0 Å². The molecule has 0 atom stereocenters. The van der Waals surface area contributed by atoms with Crippen LogP contribution in [0.25, 0.3) is 22.4 Å². The van der Waals surface area contributed by atoms with Crippen molar-refractivity contribution >= 4 is 22.6 Å². The Morgan fingerprint density at radius 2 is 1.88 bits per heavy atom. The average molecular weight is 367 g/mol. The number of benzene rings is 3. The lowest BCUT2D eigenvalue weighted by Gasteiger charge is -2.09. The third kappa shape index (κ3) is 3.28. The van der Waals surface area contributed by atoms with Gasteiger partial charge in [0.1, 0.15) is 24.0 Å². The van der Waals surface area contributed by atoms with Gasteiger partial charge in [0.15, 0.2) is 0 Å². The van der Waals surface area contributed by atoms with E-state index in [4.69, 9.17) is 16.3 Å². The van der Waals surface area contributed by atoms with Crippen molar-refractivity contribution in [2.45, 2.75) is 13.5 Å². The van der Waals surface area contributed by atoms with Gasteiger partial charge in [-0.05, 0) is 61.0 Å². The largest absolute Gasteiger partial charge is 0.489 e. The molecule has 0 saturated carbocycles. The van der Waals surface area contributed by atoms with Crippen LogP contribution in [0.4, 0.5) is 4.39 Å². The molecule has 1 aromatic heterocycles. The molecular weight excluding hydrogens is 351 g/mol. The molecule has 0 aliphatic heterocycles. The lowest BCUT2D eigenvalue weighted by Crippen LogP contribution is -1.99. The minimum atomic E-state index is -0.369. The molecule has 0 spiro atoms. The Morgan fingerprint density at radius 3 is 2.65 bits per heavy atom. The summed E-state index contributed by atoms with van der Waals surface area (Å²) < 4.78 is 19.5. The van der Waals surface area contributed by atoms with Crippen molar-refractivity contribution in [2.24, 2.45) is 0 Å². The summed E-state index contributed by atoms with van der Waals surface area (Å²) in [5.41, 5.74) is 4.43. The highest BCUT2D eigenvalue weighted by Gasteiger charge is 2.09. The van der Waals surface area contributed by atoms with Gasteiger partial charge in [0, 0.05) is 11.1 Å². The zero-order valence-electron chi connectivity index (χ0n) is 14.1. The topological polar surface area (TPSA) is 37.9 Å². The number of hydrogen-bond donors (Lipinski definition) is 1. The highest BCUT2D eigenvalue weighted by molar-refractivity contribution is 6.31. The second-order valence-electron chi connectivity index (χ2n) is 6.12. The molecule has 0 bridgehead atoms. The Hall–Kier alpha value is -2.85. The van der Waals surface area contributed by atoms with Crippen LogP contribution in [-0.2, 0) is 6.61 Å². The number of aromatic amines is 1. The van der Waals surface area contributed by atoms with Crippen LogP contribution in [-0.4, -0.2) is 9.97 Å². The highest BCUT2D eigenvalue weighted by atomic mass is 35.5. The predicted molar refractivity (Wildman–Crippen MR) is 102 cm³/mol. The van der Waals surface area contributed by atoms with Crippen LogP contribution in [0.5, 0.6) is 5.75 Å². The van der Waals surface area contributed by atoms with Crippen LogP contribution in [0.1, 0.15) is 11.1 Å².